The molecule has 0 N–H and O–H groups in total. The Bertz CT molecular complexity index is 860. The van der Waals surface area contributed by atoms with Crippen LogP contribution < -0.4 is 0 Å². The predicted octanol–water partition coefficient (Wildman–Crippen LogP) is 4.21. The Labute approximate surface area is 149 Å². The summed E-state index contributed by atoms with van der Waals surface area (Å²) in [5, 5.41) is 0. The van der Waals surface area contributed by atoms with Crippen LogP contribution in [0.3, 0.4) is 0 Å². The molecule has 0 fully saturated rings. The highest BCUT2D eigenvalue weighted by Gasteiger charge is 2.11. The summed E-state index contributed by atoms with van der Waals surface area (Å²) in [6, 6.07) is 15.8. The Balaban J connectivity index is 1.69. The number of halogens is 2. The van der Waals surface area contributed by atoms with Crippen LogP contribution in [0.1, 0.15) is 32.1 Å². The van der Waals surface area contributed by atoms with E-state index in [0.717, 1.165) is 0 Å². The minimum atomic E-state index is -0.402. The molecule has 0 saturated heterocycles. The van der Waals surface area contributed by atoms with E-state index < -0.39 is 11.6 Å². The van der Waals surface area contributed by atoms with Crippen LogP contribution in [0.25, 0.3) is 0 Å². The van der Waals surface area contributed by atoms with Crippen molar-refractivity contribution in [2.75, 3.05) is 0 Å². The van der Waals surface area contributed by atoms with Gasteiger partial charge in [-0.3, -0.25) is 14.6 Å². The lowest BCUT2D eigenvalue weighted by Crippen LogP contribution is -2.09. The molecular formula is C21H15F2NO2. The average molecular weight is 351 g/mol. The Morgan fingerprint density at radius 1 is 0.654 bits per heavy atom. The van der Waals surface area contributed by atoms with Crippen LogP contribution in [0, 0.1) is 11.6 Å². The molecule has 3 rings (SSSR count). The largest absolute Gasteiger partial charge is 0.294 e. The molecule has 3 aromatic rings. The molecule has 3 nitrogen and oxygen atoms in total. The molecule has 0 unspecified atom stereocenters. The van der Waals surface area contributed by atoms with Gasteiger partial charge in [0.05, 0.1) is 12.8 Å². The maximum absolute atomic E-state index is 12.9. The van der Waals surface area contributed by atoms with Crippen molar-refractivity contribution in [2.45, 2.75) is 12.8 Å². The third kappa shape index (κ3) is 4.45. The molecule has 130 valence electrons. The second kappa shape index (κ2) is 7.78. The molecule has 1 aromatic heterocycles. The van der Waals surface area contributed by atoms with Crippen LogP contribution in [0.4, 0.5) is 8.78 Å². The number of rotatable bonds is 6. The van der Waals surface area contributed by atoms with E-state index in [1.165, 1.54) is 48.5 Å². The monoisotopic (exact) mass is 351 g/mol. The van der Waals surface area contributed by atoms with E-state index in [2.05, 4.69) is 4.98 Å². The molecule has 0 aliphatic heterocycles. The summed E-state index contributed by atoms with van der Waals surface area (Å²) in [5.74, 6) is -1.17. The first-order valence-corrected chi connectivity index (χ1v) is 8.03. The molecule has 0 radical (unpaired) electrons. The van der Waals surface area contributed by atoms with Crippen molar-refractivity contribution >= 4 is 11.6 Å². The average Bonchev–Trinajstić information content (AvgIpc) is 2.63. The number of benzene rings is 2. The predicted molar refractivity (Wildman–Crippen MR) is 93.1 cm³/mol. The van der Waals surface area contributed by atoms with Gasteiger partial charge in [-0.1, -0.05) is 6.07 Å². The van der Waals surface area contributed by atoms with Gasteiger partial charge in [0.1, 0.15) is 11.6 Å². The molecule has 0 aliphatic rings. The summed E-state index contributed by atoms with van der Waals surface area (Å²) < 4.78 is 25.9. The Morgan fingerprint density at radius 3 is 1.42 bits per heavy atom. The zero-order valence-corrected chi connectivity index (χ0v) is 13.8. The number of carbonyl (C=O) groups is 2. The van der Waals surface area contributed by atoms with Crippen LogP contribution in [-0.4, -0.2) is 16.6 Å². The highest BCUT2D eigenvalue weighted by molar-refractivity contribution is 5.98. The number of hydrogen-bond acceptors (Lipinski definition) is 3. The van der Waals surface area contributed by atoms with Gasteiger partial charge in [0, 0.05) is 22.5 Å². The van der Waals surface area contributed by atoms with E-state index >= 15 is 0 Å². The molecule has 0 saturated carbocycles. The van der Waals surface area contributed by atoms with Gasteiger partial charge in [-0.2, -0.15) is 0 Å². The lowest BCUT2D eigenvalue weighted by Gasteiger charge is -2.05. The lowest BCUT2D eigenvalue weighted by atomic mass is 10.0. The van der Waals surface area contributed by atoms with Crippen molar-refractivity contribution < 1.29 is 18.4 Å². The SMILES string of the molecule is O=C(Cc1cccc(CC(=O)c2ccc(F)cc2)n1)c1ccc(F)cc1. The summed E-state index contributed by atoms with van der Waals surface area (Å²) in [6.45, 7) is 0. The minimum absolute atomic E-state index is 0.0597. The summed E-state index contributed by atoms with van der Waals surface area (Å²) >= 11 is 0. The van der Waals surface area contributed by atoms with E-state index in [1.807, 2.05) is 0 Å². The minimum Gasteiger partial charge on any atom is -0.294 e. The van der Waals surface area contributed by atoms with E-state index in [0.29, 0.717) is 22.5 Å². The van der Waals surface area contributed by atoms with Crippen LogP contribution >= 0.6 is 0 Å². The zero-order chi connectivity index (χ0) is 18.5. The maximum Gasteiger partial charge on any atom is 0.168 e. The Morgan fingerprint density at radius 2 is 1.04 bits per heavy atom. The van der Waals surface area contributed by atoms with E-state index in [-0.39, 0.29) is 24.4 Å². The molecule has 0 amide bonds. The Hall–Kier alpha value is -3.21. The smallest absolute Gasteiger partial charge is 0.168 e. The number of ketones is 2. The van der Waals surface area contributed by atoms with Gasteiger partial charge in [0.2, 0.25) is 0 Å². The molecule has 5 heteroatoms. The van der Waals surface area contributed by atoms with Crippen LogP contribution in [0.2, 0.25) is 0 Å². The number of carbonyl (C=O) groups excluding carboxylic acids is 2. The van der Waals surface area contributed by atoms with Gasteiger partial charge in [0.15, 0.2) is 11.6 Å². The molecule has 0 atom stereocenters. The van der Waals surface area contributed by atoms with Crippen molar-refractivity contribution in [1.82, 2.24) is 4.98 Å². The van der Waals surface area contributed by atoms with Crippen molar-refractivity contribution in [1.29, 1.82) is 0 Å². The molecule has 0 spiro atoms. The van der Waals surface area contributed by atoms with Gasteiger partial charge in [-0.05, 0) is 60.7 Å². The number of hydrogen-bond donors (Lipinski definition) is 0. The van der Waals surface area contributed by atoms with Crippen molar-refractivity contribution in [2.24, 2.45) is 0 Å². The van der Waals surface area contributed by atoms with Gasteiger partial charge in [-0.15, -0.1) is 0 Å². The van der Waals surface area contributed by atoms with Crippen LogP contribution in [0.5, 0.6) is 0 Å². The molecule has 2 aromatic carbocycles. The summed E-state index contributed by atoms with van der Waals surface area (Å²) in [4.78, 5) is 28.8. The second-order valence-electron chi connectivity index (χ2n) is 5.83. The van der Waals surface area contributed by atoms with Gasteiger partial charge < -0.3 is 0 Å². The van der Waals surface area contributed by atoms with Crippen LogP contribution in [-0.2, 0) is 12.8 Å². The quantitative estimate of drug-likeness (QED) is 0.625. The third-order valence-electron chi connectivity index (χ3n) is 3.88. The van der Waals surface area contributed by atoms with Crippen LogP contribution in [0.15, 0.2) is 66.7 Å². The van der Waals surface area contributed by atoms with E-state index in [1.54, 1.807) is 18.2 Å². The molecule has 0 bridgehead atoms. The fourth-order valence-corrected chi connectivity index (χ4v) is 2.53. The number of nitrogens with zero attached hydrogens (tertiary/aromatic N) is 1. The lowest BCUT2D eigenvalue weighted by molar-refractivity contribution is 0.0986. The fourth-order valence-electron chi connectivity index (χ4n) is 2.53. The first kappa shape index (κ1) is 17.6. The number of aromatic nitrogens is 1. The zero-order valence-electron chi connectivity index (χ0n) is 13.8. The summed E-state index contributed by atoms with van der Waals surface area (Å²) in [6.07, 6.45) is 0.119. The fraction of sp³-hybridized carbons (Fsp3) is 0.0952. The summed E-state index contributed by atoms with van der Waals surface area (Å²) in [7, 11) is 0. The second-order valence-corrected chi connectivity index (χ2v) is 5.83. The standard InChI is InChI=1S/C21H15F2NO2/c22-16-8-4-14(5-9-16)20(25)12-18-2-1-3-19(24-18)13-21(26)15-6-10-17(23)11-7-15/h1-11H,12-13H2. The van der Waals surface area contributed by atoms with Gasteiger partial charge >= 0.3 is 0 Å². The van der Waals surface area contributed by atoms with Gasteiger partial charge in [0.25, 0.3) is 0 Å². The van der Waals surface area contributed by atoms with Crippen molar-refractivity contribution in [3.8, 4) is 0 Å². The normalized spacial score (nSPS) is 10.5. The number of Topliss-reactive ketones (excluding diaryl/α,β-unsaturated/α-hetero) is 2. The highest BCUT2D eigenvalue weighted by atomic mass is 19.1. The van der Waals surface area contributed by atoms with Crippen molar-refractivity contribution in [3.05, 3.63) is 101 Å². The first-order chi connectivity index (χ1) is 12.5. The molecular weight excluding hydrogens is 336 g/mol. The highest BCUT2D eigenvalue weighted by Crippen LogP contribution is 2.11. The molecule has 26 heavy (non-hydrogen) atoms. The Kier molecular flexibility index (Phi) is 5.27. The first-order valence-electron chi connectivity index (χ1n) is 8.03. The topological polar surface area (TPSA) is 47.0 Å². The molecule has 1 heterocycles. The summed E-state index contributed by atoms with van der Waals surface area (Å²) in [5.41, 5.74) is 1.87. The van der Waals surface area contributed by atoms with E-state index in [9.17, 15) is 18.4 Å². The van der Waals surface area contributed by atoms with Crippen molar-refractivity contribution in [3.63, 3.8) is 0 Å². The third-order valence-corrected chi connectivity index (χ3v) is 3.88. The maximum atomic E-state index is 12.9. The molecule has 0 aliphatic carbocycles. The van der Waals surface area contributed by atoms with E-state index in [4.69, 9.17) is 0 Å². The van der Waals surface area contributed by atoms with Gasteiger partial charge in [-0.25, -0.2) is 8.78 Å². The number of pyridine rings is 1.